The number of hydrogen-bond donors (Lipinski definition) is 2. The Balaban J connectivity index is 1.37. The van der Waals surface area contributed by atoms with Crippen molar-refractivity contribution in [2.24, 2.45) is 0 Å². The number of ether oxygens (including phenoxy) is 1. The number of likely N-dealkylation sites (tertiary alicyclic amines) is 1. The van der Waals surface area contributed by atoms with Crippen LogP contribution in [0.15, 0.2) is 42.6 Å². The number of aromatic nitrogens is 3. The third-order valence-corrected chi connectivity index (χ3v) is 6.68. The van der Waals surface area contributed by atoms with E-state index in [0.717, 1.165) is 6.07 Å². The monoisotopic (exact) mass is 504 g/mol. The van der Waals surface area contributed by atoms with Gasteiger partial charge >= 0.3 is 12.2 Å². The summed E-state index contributed by atoms with van der Waals surface area (Å²) in [7, 11) is 0. The minimum atomic E-state index is -4.64. The summed E-state index contributed by atoms with van der Waals surface area (Å²) in [6.07, 6.45) is -2.91. The van der Waals surface area contributed by atoms with E-state index in [4.69, 9.17) is 10.5 Å². The molecule has 3 N–H and O–H groups in total. The second kappa shape index (κ2) is 8.77. The van der Waals surface area contributed by atoms with Crippen LogP contribution in [0, 0.1) is 5.82 Å². The van der Waals surface area contributed by atoms with Crippen molar-refractivity contribution in [1.82, 2.24) is 25.0 Å². The van der Waals surface area contributed by atoms with Crippen molar-refractivity contribution in [2.75, 3.05) is 25.4 Å². The van der Waals surface area contributed by atoms with Crippen LogP contribution in [0.3, 0.4) is 0 Å². The van der Waals surface area contributed by atoms with E-state index in [1.807, 2.05) is 0 Å². The fraction of sp³-hybridized carbons (Fsp3) is 0.375. The van der Waals surface area contributed by atoms with Crippen molar-refractivity contribution in [3.05, 3.63) is 65.2 Å². The van der Waals surface area contributed by atoms with Crippen molar-refractivity contribution >= 4 is 11.8 Å². The lowest BCUT2D eigenvalue weighted by molar-refractivity contribution is -0.137. The maximum atomic E-state index is 14.1. The molecule has 3 aromatic rings. The molecule has 36 heavy (non-hydrogen) atoms. The lowest BCUT2D eigenvalue weighted by Crippen LogP contribution is -2.44. The average molecular weight is 504 g/mol. The Kier molecular flexibility index (Phi) is 5.86. The summed E-state index contributed by atoms with van der Waals surface area (Å²) in [5, 5.41) is 7.31. The van der Waals surface area contributed by atoms with Gasteiger partial charge in [-0.3, -0.25) is 4.68 Å². The van der Waals surface area contributed by atoms with Crippen molar-refractivity contribution in [2.45, 2.75) is 37.7 Å². The van der Waals surface area contributed by atoms with Crippen molar-refractivity contribution < 1.29 is 27.1 Å². The Morgan fingerprint density at radius 3 is 2.78 bits per heavy atom. The number of nitrogens with zero attached hydrogens (tertiary/aromatic N) is 4. The normalized spacial score (nSPS) is 20.4. The van der Waals surface area contributed by atoms with E-state index in [0.29, 0.717) is 43.1 Å². The molecular formula is C24H24F4N6O2. The third-order valence-electron chi connectivity index (χ3n) is 6.68. The maximum absolute atomic E-state index is 14.1. The highest BCUT2D eigenvalue weighted by Gasteiger charge is 2.47. The number of anilines is 1. The van der Waals surface area contributed by atoms with Crippen molar-refractivity contribution in [1.29, 1.82) is 0 Å². The molecule has 5 rings (SSSR count). The van der Waals surface area contributed by atoms with Gasteiger partial charge in [-0.1, -0.05) is 18.2 Å². The lowest BCUT2D eigenvalue weighted by Gasteiger charge is -2.34. The van der Waals surface area contributed by atoms with Gasteiger partial charge in [0.2, 0.25) is 0 Å². The summed E-state index contributed by atoms with van der Waals surface area (Å²) in [5.41, 5.74) is 5.10. The zero-order valence-electron chi connectivity index (χ0n) is 19.3. The zero-order chi connectivity index (χ0) is 25.7. The van der Waals surface area contributed by atoms with Gasteiger partial charge in [-0.05, 0) is 25.1 Å². The molecule has 1 fully saturated rings. The molecule has 190 valence electrons. The molecule has 4 heterocycles. The first kappa shape index (κ1) is 24.0. The molecule has 0 saturated carbocycles. The number of nitrogens with two attached hydrogens (primary N) is 1. The van der Waals surface area contributed by atoms with E-state index in [-0.39, 0.29) is 18.1 Å². The molecule has 8 nitrogen and oxygen atoms in total. The van der Waals surface area contributed by atoms with Gasteiger partial charge in [0, 0.05) is 30.3 Å². The van der Waals surface area contributed by atoms with Crippen LogP contribution in [-0.2, 0) is 23.1 Å². The topological polar surface area (TPSA) is 98.3 Å². The molecule has 2 aliphatic rings. The minimum absolute atomic E-state index is 0.180. The van der Waals surface area contributed by atoms with Crippen LogP contribution in [0.1, 0.15) is 36.2 Å². The number of hydrogen-bond acceptors (Lipinski definition) is 5. The second-order valence-corrected chi connectivity index (χ2v) is 9.00. The van der Waals surface area contributed by atoms with Crippen molar-refractivity contribution in [3.63, 3.8) is 0 Å². The maximum Gasteiger partial charge on any atom is 0.419 e. The Hall–Kier alpha value is -3.67. The van der Waals surface area contributed by atoms with Crippen LogP contribution in [0.2, 0.25) is 0 Å². The van der Waals surface area contributed by atoms with Crippen LogP contribution < -0.4 is 11.1 Å². The largest absolute Gasteiger partial charge is 0.419 e. The van der Waals surface area contributed by atoms with E-state index in [1.54, 1.807) is 40.8 Å². The van der Waals surface area contributed by atoms with Gasteiger partial charge in [-0.15, -0.1) is 0 Å². The van der Waals surface area contributed by atoms with Crippen LogP contribution in [-0.4, -0.2) is 45.4 Å². The highest BCUT2D eigenvalue weighted by Crippen LogP contribution is 2.41. The summed E-state index contributed by atoms with van der Waals surface area (Å²) in [4.78, 5) is 18.2. The summed E-state index contributed by atoms with van der Waals surface area (Å²) in [6.45, 7) is 3.07. The number of nitrogens with one attached hydrogen (secondary N) is 1. The minimum Gasteiger partial charge on any atom is -0.383 e. The number of benzene rings is 1. The Bertz CT molecular complexity index is 1310. The van der Waals surface area contributed by atoms with Crippen LogP contribution >= 0.6 is 0 Å². The van der Waals surface area contributed by atoms with E-state index in [1.165, 1.54) is 12.3 Å². The number of fused-ring (bicyclic) bond motifs is 2. The quantitative estimate of drug-likeness (QED) is 0.524. The number of carbonyl (C=O) groups excluding carboxylic acids is 1. The number of halogens is 4. The molecule has 0 bridgehead atoms. The number of pyridine rings is 1. The number of urea groups is 1. The Morgan fingerprint density at radius 1 is 1.25 bits per heavy atom. The number of nitrogen functional groups attached to an aromatic ring is 1. The number of rotatable bonds is 3. The summed E-state index contributed by atoms with van der Waals surface area (Å²) < 4.78 is 61.9. The van der Waals surface area contributed by atoms with E-state index < -0.39 is 35.0 Å². The van der Waals surface area contributed by atoms with Gasteiger partial charge in [-0.25, -0.2) is 14.2 Å². The SMILES string of the molecule is CC(NC(=O)N1CCC2(C1)OCCn1nc(-c3cnc(N)c(C(F)(F)F)c3)cc12)c1ccccc1F. The zero-order valence-corrected chi connectivity index (χ0v) is 19.3. The molecule has 2 aromatic heterocycles. The van der Waals surface area contributed by atoms with Gasteiger partial charge in [0.15, 0.2) is 0 Å². The number of carbonyl (C=O) groups is 1. The molecule has 2 unspecified atom stereocenters. The fourth-order valence-corrected chi connectivity index (χ4v) is 4.80. The predicted octanol–water partition coefficient (Wildman–Crippen LogP) is 4.09. The third kappa shape index (κ3) is 4.25. The Labute approximate surface area is 204 Å². The van der Waals surface area contributed by atoms with Gasteiger partial charge in [0.25, 0.3) is 0 Å². The second-order valence-electron chi connectivity index (χ2n) is 9.00. The molecule has 1 saturated heterocycles. The molecular weight excluding hydrogens is 480 g/mol. The van der Waals surface area contributed by atoms with Crippen LogP contribution in [0.5, 0.6) is 0 Å². The first-order valence-corrected chi connectivity index (χ1v) is 11.4. The van der Waals surface area contributed by atoms with E-state index in [9.17, 15) is 22.4 Å². The average Bonchev–Trinajstić information content (AvgIpc) is 3.45. The first-order valence-electron chi connectivity index (χ1n) is 11.4. The molecule has 2 atom stereocenters. The van der Waals surface area contributed by atoms with Crippen molar-refractivity contribution in [3.8, 4) is 11.3 Å². The molecule has 2 aliphatic heterocycles. The van der Waals surface area contributed by atoms with Crippen LogP contribution in [0.4, 0.5) is 28.2 Å². The summed E-state index contributed by atoms with van der Waals surface area (Å²) in [6, 6.07) is 7.95. The smallest absolute Gasteiger partial charge is 0.383 e. The number of alkyl halides is 3. The molecule has 0 radical (unpaired) electrons. The predicted molar refractivity (Wildman–Crippen MR) is 122 cm³/mol. The Morgan fingerprint density at radius 2 is 2.03 bits per heavy atom. The van der Waals surface area contributed by atoms with Gasteiger partial charge in [-0.2, -0.15) is 18.3 Å². The summed E-state index contributed by atoms with van der Waals surface area (Å²) in [5.74, 6) is -1.00. The van der Waals surface area contributed by atoms with Gasteiger partial charge < -0.3 is 20.7 Å². The van der Waals surface area contributed by atoms with Gasteiger partial charge in [0.05, 0.1) is 42.7 Å². The van der Waals surface area contributed by atoms with E-state index in [2.05, 4.69) is 15.4 Å². The molecule has 1 aromatic carbocycles. The van der Waals surface area contributed by atoms with E-state index >= 15 is 0 Å². The molecule has 12 heteroatoms. The molecule has 1 spiro atoms. The number of amides is 2. The summed E-state index contributed by atoms with van der Waals surface area (Å²) >= 11 is 0. The first-order chi connectivity index (χ1) is 17.1. The standard InChI is InChI=1S/C24H24F4N6O2/c1-14(16-4-2-3-5-18(16)25)31-22(35)33-7-6-23(13-33)20-11-19(32-34(20)8-9-36-23)15-10-17(24(26,27)28)21(29)30-12-15/h2-5,10-12,14H,6-9,13H2,1H3,(H2,29,30)(H,31,35). The molecule has 2 amide bonds. The highest BCUT2D eigenvalue weighted by molar-refractivity contribution is 5.75. The molecule has 0 aliphatic carbocycles. The van der Waals surface area contributed by atoms with Crippen LogP contribution in [0.25, 0.3) is 11.3 Å². The van der Waals surface area contributed by atoms with Gasteiger partial charge in [0.1, 0.15) is 17.2 Å². The lowest BCUT2D eigenvalue weighted by atomic mass is 9.96. The fourth-order valence-electron chi connectivity index (χ4n) is 4.80. The highest BCUT2D eigenvalue weighted by atomic mass is 19.4.